The normalized spacial score (nSPS) is 15.8. The number of amides is 1. The van der Waals surface area contributed by atoms with Gasteiger partial charge in [0, 0.05) is 13.1 Å². The van der Waals surface area contributed by atoms with Crippen LogP contribution in [-0.4, -0.2) is 31.0 Å². The molecule has 110 valence electrons. The van der Waals surface area contributed by atoms with Gasteiger partial charge in [-0.2, -0.15) is 0 Å². The van der Waals surface area contributed by atoms with E-state index in [0.29, 0.717) is 6.42 Å². The first kappa shape index (κ1) is 14.9. The van der Waals surface area contributed by atoms with E-state index in [9.17, 15) is 4.79 Å². The van der Waals surface area contributed by atoms with Gasteiger partial charge in [-0.3, -0.25) is 4.79 Å². The molecule has 0 radical (unpaired) electrons. The SMILES string of the molecule is COc1cc(C)c(CC(=O)N2CCCCCC2)cc1C. The summed E-state index contributed by atoms with van der Waals surface area (Å²) in [5, 5.41) is 0. The molecule has 0 spiro atoms. The summed E-state index contributed by atoms with van der Waals surface area (Å²) in [6.45, 7) is 5.92. The number of carbonyl (C=O) groups excluding carboxylic acids is 1. The molecule has 0 aliphatic carbocycles. The maximum atomic E-state index is 12.4. The number of ether oxygens (including phenoxy) is 1. The summed E-state index contributed by atoms with van der Waals surface area (Å²) < 4.78 is 5.32. The Morgan fingerprint density at radius 2 is 1.75 bits per heavy atom. The van der Waals surface area contributed by atoms with E-state index in [2.05, 4.69) is 6.07 Å². The standard InChI is InChI=1S/C17H25NO2/c1-13-11-16(20-3)14(2)10-15(13)12-17(19)18-8-6-4-5-7-9-18/h10-11H,4-9,12H2,1-3H3. The Morgan fingerprint density at radius 1 is 1.10 bits per heavy atom. The molecule has 1 aromatic rings. The molecular formula is C17H25NO2. The third-order valence-electron chi connectivity index (χ3n) is 4.15. The predicted octanol–water partition coefficient (Wildman–Crippen LogP) is 3.26. The van der Waals surface area contributed by atoms with Gasteiger partial charge in [0.15, 0.2) is 0 Å². The second kappa shape index (κ2) is 6.78. The van der Waals surface area contributed by atoms with Gasteiger partial charge in [0.25, 0.3) is 0 Å². The number of rotatable bonds is 3. The quantitative estimate of drug-likeness (QED) is 0.847. The minimum atomic E-state index is 0.263. The molecule has 0 saturated carbocycles. The van der Waals surface area contributed by atoms with Gasteiger partial charge in [0.1, 0.15) is 5.75 Å². The number of nitrogens with zero attached hydrogens (tertiary/aromatic N) is 1. The topological polar surface area (TPSA) is 29.5 Å². The molecule has 0 N–H and O–H groups in total. The van der Waals surface area contributed by atoms with Gasteiger partial charge in [0.2, 0.25) is 5.91 Å². The van der Waals surface area contributed by atoms with Crippen LogP contribution in [-0.2, 0) is 11.2 Å². The number of hydrogen-bond acceptors (Lipinski definition) is 2. The van der Waals surface area contributed by atoms with Crippen LogP contribution in [0.3, 0.4) is 0 Å². The molecule has 1 fully saturated rings. The van der Waals surface area contributed by atoms with Gasteiger partial charge >= 0.3 is 0 Å². The number of carbonyl (C=O) groups is 1. The summed E-state index contributed by atoms with van der Waals surface area (Å²) in [5.41, 5.74) is 3.35. The lowest BCUT2D eigenvalue weighted by molar-refractivity contribution is -0.130. The Kier molecular flexibility index (Phi) is 5.05. The van der Waals surface area contributed by atoms with Gasteiger partial charge in [0.05, 0.1) is 13.5 Å². The molecule has 0 bridgehead atoms. The molecule has 0 unspecified atom stereocenters. The van der Waals surface area contributed by atoms with E-state index in [1.165, 1.54) is 12.8 Å². The second-order valence-electron chi connectivity index (χ2n) is 5.72. The minimum Gasteiger partial charge on any atom is -0.496 e. The minimum absolute atomic E-state index is 0.263. The van der Waals surface area contributed by atoms with Crippen LogP contribution in [0, 0.1) is 13.8 Å². The van der Waals surface area contributed by atoms with Crippen LogP contribution in [0.2, 0.25) is 0 Å². The highest BCUT2D eigenvalue weighted by Crippen LogP contribution is 2.23. The first-order valence-electron chi connectivity index (χ1n) is 7.53. The molecule has 1 saturated heterocycles. The van der Waals surface area contributed by atoms with Gasteiger partial charge in [-0.1, -0.05) is 18.9 Å². The fourth-order valence-corrected chi connectivity index (χ4v) is 2.85. The van der Waals surface area contributed by atoms with Gasteiger partial charge in [-0.25, -0.2) is 0 Å². The monoisotopic (exact) mass is 275 g/mol. The molecule has 0 aromatic heterocycles. The van der Waals surface area contributed by atoms with Crippen LogP contribution in [0.5, 0.6) is 5.75 Å². The van der Waals surface area contributed by atoms with E-state index in [1.54, 1.807) is 7.11 Å². The number of hydrogen-bond donors (Lipinski definition) is 0. The van der Waals surface area contributed by atoms with Crippen LogP contribution in [0.15, 0.2) is 12.1 Å². The van der Waals surface area contributed by atoms with Crippen molar-refractivity contribution < 1.29 is 9.53 Å². The lowest BCUT2D eigenvalue weighted by atomic mass is 10.0. The Labute approximate surface area is 121 Å². The maximum Gasteiger partial charge on any atom is 0.226 e. The van der Waals surface area contributed by atoms with Crippen LogP contribution in [0.1, 0.15) is 42.4 Å². The summed E-state index contributed by atoms with van der Waals surface area (Å²) in [6.07, 6.45) is 5.31. The zero-order valence-electron chi connectivity index (χ0n) is 12.9. The number of likely N-dealkylation sites (tertiary alicyclic amines) is 1. The first-order valence-corrected chi connectivity index (χ1v) is 7.53. The third-order valence-corrected chi connectivity index (χ3v) is 4.15. The Morgan fingerprint density at radius 3 is 2.35 bits per heavy atom. The number of benzene rings is 1. The largest absolute Gasteiger partial charge is 0.496 e. The van der Waals surface area contributed by atoms with Crippen LogP contribution in [0.4, 0.5) is 0 Å². The number of methoxy groups -OCH3 is 1. The number of aryl methyl sites for hydroxylation is 2. The van der Waals surface area contributed by atoms with Crippen molar-refractivity contribution in [2.45, 2.75) is 46.0 Å². The smallest absolute Gasteiger partial charge is 0.226 e. The molecule has 2 rings (SSSR count). The molecule has 20 heavy (non-hydrogen) atoms. The fraction of sp³-hybridized carbons (Fsp3) is 0.588. The van der Waals surface area contributed by atoms with E-state index in [0.717, 1.165) is 48.4 Å². The van der Waals surface area contributed by atoms with Crippen molar-refractivity contribution in [2.75, 3.05) is 20.2 Å². The van der Waals surface area contributed by atoms with Crippen molar-refractivity contribution in [3.05, 3.63) is 28.8 Å². The maximum absolute atomic E-state index is 12.4. The molecule has 1 amide bonds. The summed E-state index contributed by atoms with van der Waals surface area (Å²) in [7, 11) is 1.68. The molecule has 3 nitrogen and oxygen atoms in total. The lowest BCUT2D eigenvalue weighted by Crippen LogP contribution is -2.33. The van der Waals surface area contributed by atoms with Crippen molar-refractivity contribution in [1.29, 1.82) is 0 Å². The van der Waals surface area contributed by atoms with Crippen molar-refractivity contribution >= 4 is 5.91 Å². The van der Waals surface area contributed by atoms with Gasteiger partial charge in [-0.05, 0) is 49.4 Å². The highest BCUT2D eigenvalue weighted by Gasteiger charge is 2.17. The molecule has 1 aromatic carbocycles. The van der Waals surface area contributed by atoms with Crippen molar-refractivity contribution in [3.8, 4) is 5.75 Å². The summed E-state index contributed by atoms with van der Waals surface area (Å²) in [5.74, 6) is 1.16. The van der Waals surface area contributed by atoms with Crippen LogP contribution < -0.4 is 4.74 Å². The average Bonchev–Trinajstić information content (AvgIpc) is 2.71. The molecule has 3 heteroatoms. The first-order chi connectivity index (χ1) is 9.61. The third kappa shape index (κ3) is 3.53. The summed E-state index contributed by atoms with van der Waals surface area (Å²) >= 11 is 0. The highest BCUT2D eigenvalue weighted by atomic mass is 16.5. The Bertz CT molecular complexity index is 474. The molecule has 0 atom stereocenters. The zero-order valence-corrected chi connectivity index (χ0v) is 12.9. The molecular weight excluding hydrogens is 250 g/mol. The van der Waals surface area contributed by atoms with Crippen molar-refractivity contribution in [2.24, 2.45) is 0 Å². The zero-order chi connectivity index (χ0) is 14.5. The van der Waals surface area contributed by atoms with Crippen LogP contribution in [0.25, 0.3) is 0 Å². The van der Waals surface area contributed by atoms with E-state index >= 15 is 0 Å². The van der Waals surface area contributed by atoms with Gasteiger partial charge in [-0.15, -0.1) is 0 Å². The Balaban J connectivity index is 2.08. The molecule has 1 aliphatic heterocycles. The van der Waals surface area contributed by atoms with E-state index < -0.39 is 0 Å². The Hall–Kier alpha value is -1.51. The fourth-order valence-electron chi connectivity index (χ4n) is 2.85. The highest BCUT2D eigenvalue weighted by molar-refractivity contribution is 5.79. The molecule has 1 aliphatic rings. The van der Waals surface area contributed by atoms with E-state index in [1.807, 2.05) is 24.8 Å². The average molecular weight is 275 g/mol. The lowest BCUT2D eigenvalue weighted by Gasteiger charge is -2.21. The van der Waals surface area contributed by atoms with Crippen molar-refractivity contribution in [1.82, 2.24) is 4.90 Å². The van der Waals surface area contributed by atoms with E-state index in [-0.39, 0.29) is 5.91 Å². The van der Waals surface area contributed by atoms with Crippen LogP contribution >= 0.6 is 0 Å². The van der Waals surface area contributed by atoms with E-state index in [4.69, 9.17) is 4.74 Å². The summed E-state index contributed by atoms with van der Waals surface area (Å²) in [4.78, 5) is 14.5. The second-order valence-corrected chi connectivity index (χ2v) is 5.72. The van der Waals surface area contributed by atoms with Crippen molar-refractivity contribution in [3.63, 3.8) is 0 Å². The van der Waals surface area contributed by atoms with Gasteiger partial charge < -0.3 is 9.64 Å². The predicted molar refractivity (Wildman–Crippen MR) is 81.2 cm³/mol. The summed E-state index contributed by atoms with van der Waals surface area (Å²) in [6, 6.07) is 4.12. The molecule has 1 heterocycles.